The van der Waals surface area contributed by atoms with E-state index < -0.39 is 5.41 Å². The van der Waals surface area contributed by atoms with E-state index in [4.69, 9.17) is 4.74 Å². The van der Waals surface area contributed by atoms with Gasteiger partial charge >= 0.3 is 0 Å². The first kappa shape index (κ1) is 15.1. The van der Waals surface area contributed by atoms with Gasteiger partial charge in [-0.25, -0.2) is 0 Å². The van der Waals surface area contributed by atoms with Crippen LogP contribution in [0.4, 0.5) is 5.69 Å². The third-order valence-electron chi connectivity index (χ3n) is 4.20. The minimum absolute atomic E-state index is 0.0576. The summed E-state index contributed by atoms with van der Waals surface area (Å²) in [4.78, 5) is 12.7. The van der Waals surface area contributed by atoms with Crippen LogP contribution < -0.4 is 10.1 Å². The zero-order valence-electron chi connectivity index (χ0n) is 12.7. The van der Waals surface area contributed by atoms with Crippen LogP contribution in [0, 0.1) is 6.92 Å². The van der Waals surface area contributed by atoms with E-state index in [1.54, 1.807) is 7.11 Å². The number of methoxy groups -OCH3 is 1. The van der Waals surface area contributed by atoms with Crippen LogP contribution in [0.15, 0.2) is 46.9 Å². The Bertz CT molecular complexity index is 706. The average molecular weight is 360 g/mol. The van der Waals surface area contributed by atoms with Crippen molar-refractivity contribution >= 4 is 27.5 Å². The number of halogens is 1. The largest absolute Gasteiger partial charge is 0.497 e. The van der Waals surface area contributed by atoms with E-state index >= 15 is 0 Å². The summed E-state index contributed by atoms with van der Waals surface area (Å²) in [7, 11) is 1.64. The fourth-order valence-corrected chi connectivity index (χ4v) is 3.24. The number of carbonyl (C=O) groups is 1. The fourth-order valence-electron chi connectivity index (χ4n) is 2.65. The highest BCUT2D eigenvalue weighted by atomic mass is 79.9. The van der Waals surface area contributed by atoms with E-state index in [1.807, 2.05) is 49.4 Å². The molecule has 3 nitrogen and oxygen atoms in total. The van der Waals surface area contributed by atoms with Crippen molar-refractivity contribution in [2.45, 2.75) is 25.2 Å². The van der Waals surface area contributed by atoms with E-state index in [1.165, 1.54) is 0 Å². The van der Waals surface area contributed by atoms with Crippen LogP contribution in [0.5, 0.6) is 5.75 Å². The minimum Gasteiger partial charge on any atom is -0.497 e. The minimum atomic E-state index is -0.392. The predicted octanol–water partition coefficient (Wildman–Crippen LogP) is 4.44. The maximum atomic E-state index is 12.7. The first-order valence-corrected chi connectivity index (χ1v) is 8.06. The zero-order valence-corrected chi connectivity index (χ0v) is 14.2. The number of hydrogen-bond donors (Lipinski definition) is 1. The molecule has 0 radical (unpaired) electrons. The molecule has 1 saturated carbocycles. The summed E-state index contributed by atoms with van der Waals surface area (Å²) >= 11 is 3.51. The zero-order chi connectivity index (χ0) is 15.7. The Kier molecular flexibility index (Phi) is 3.96. The first-order chi connectivity index (χ1) is 10.5. The Morgan fingerprint density at radius 3 is 2.41 bits per heavy atom. The molecule has 2 aromatic rings. The standard InChI is InChI=1S/C18H18BrNO2/c1-12-3-8-16(15(19)11-12)20-17(21)18(9-10-18)13-4-6-14(22-2)7-5-13/h3-8,11H,9-10H2,1-2H3,(H,20,21). The molecule has 0 aromatic heterocycles. The lowest BCUT2D eigenvalue weighted by molar-refractivity contribution is -0.118. The second kappa shape index (κ2) is 5.76. The average Bonchev–Trinajstić information content (AvgIpc) is 3.32. The highest BCUT2D eigenvalue weighted by molar-refractivity contribution is 9.10. The number of rotatable bonds is 4. The van der Waals surface area contributed by atoms with Crippen molar-refractivity contribution in [1.82, 2.24) is 0 Å². The molecular weight excluding hydrogens is 342 g/mol. The third kappa shape index (κ3) is 2.75. The SMILES string of the molecule is COc1ccc(C2(C(=O)Nc3ccc(C)cc3Br)CC2)cc1. The number of hydrogen-bond acceptors (Lipinski definition) is 2. The Morgan fingerprint density at radius 1 is 1.18 bits per heavy atom. The van der Waals surface area contributed by atoms with E-state index in [0.29, 0.717) is 0 Å². The molecule has 0 aliphatic heterocycles. The molecule has 0 unspecified atom stereocenters. The van der Waals surface area contributed by atoms with Crippen LogP contribution >= 0.6 is 15.9 Å². The van der Waals surface area contributed by atoms with Crippen molar-refractivity contribution in [1.29, 1.82) is 0 Å². The molecule has 1 aliphatic carbocycles. The number of carbonyl (C=O) groups excluding carboxylic acids is 1. The summed E-state index contributed by atoms with van der Waals surface area (Å²) in [6.07, 6.45) is 1.77. The summed E-state index contributed by atoms with van der Waals surface area (Å²) in [5.41, 5.74) is 2.63. The Morgan fingerprint density at radius 2 is 1.86 bits per heavy atom. The quantitative estimate of drug-likeness (QED) is 0.876. The van der Waals surface area contributed by atoms with Gasteiger partial charge in [-0.1, -0.05) is 18.2 Å². The lowest BCUT2D eigenvalue weighted by Gasteiger charge is -2.17. The monoisotopic (exact) mass is 359 g/mol. The molecule has 0 saturated heterocycles. The highest BCUT2D eigenvalue weighted by Gasteiger charge is 2.51. The molecule has 1 amide bonds. The summed E-state index contributed by atoms with van der Waals surface area (Å²) in [6.45, 7) is 2.02. The first-order valence-electron chi connectivity index (χ1n) is 7.27. The van der Waals surface area contributed by atoms with Gasteiger partial charge in [0, 0.05) is 4.47 Å². The van der Waals surface area contributed by atoms with E-state index in [-0.39, 0.29) is 5.91 Å². The molecule has 4 heteroatoms. The van der Waals surface area contributed by atoms with Gasteiger partial charge in [0.15, 0.2) is 0 Å². The maximum absolute atomic E-state index is 12.7. The van der Waals surface area contributed by atoms with Crippen LogP contribution in [-0.2, 0) is 10.2 Å². The van der Waals surface area contributed by atoms with Crippen LogP contribution in [0.3, 0.4) is 0 Å². The van der Waals surface area contributed by atoms with Gasteiger partial charge in [-0.15, -0.1) is 0 Å². The van der Waals surface area contributed by atoms with Crippen LogP contribution in [0.1, 0.15) is 24.0 Å². The lowest BCUT2D eigenvalue weighted by atomic mass is 9.94. The normalized spacial score (nSPS) is 15.2. The molecular formula is C18H18BrNO2. The highest BCUT2D eigenvalue weighted by Crippen LogP contribution is 2.49. The molecule has 1 N–H and O–H groups in total. The van der Waals surface area contributed by atoms with Crippen LogP contribution in [0.25, 0.3) is 0 Å². The van der Waals surface area contributed by atoms with Gasteiger partial charge in [0.05, 0.1) is 18.2 Å². The van der Waals surface area contributed by atoms with Crippen molar-refractivity contribution in [3.05, 3.63) is 58.1 Å². The van der Waals surface area contributed by atoms with Gasteiger partial charge < -0.3 is 10.1 Å². The number of benzene rings is 2. The molecule has 0 spiro atoms. The van der Waals surface area contributed by atoms with Gasteiger partial charge in [0.25, 0.3) is 0 Å². The number of anilines is 1. The summed E-state index contributed by atoms with van der Waals surface area (Å²) in [5.74, 6) is 0.864. The summed E-state index contributed by atoms with van der Waals surface area (Å²) in [5, 5.41) is 3.05. The second-order valence-corrected chi connectivity index (χ2v) is 6.60. The number of nitrogens with one attached hydrogen (secondary N) is 1. The molecule has 1 aliphatic rings. The van der Waals surface area contributed by atoms with Gasteiger partial charge in [0.1, 0.15) is 5.75 Å². The van der Waals surface area contributed by atoms with Gasteiger partial charge in [-0.05, 0) is 71.1 Å². The van der Waals surface area contributed by atoms with Crippen LogP contribution in [0.2, 0.25) is 0 Å². The van der Waals surface area contributed by atoms with E-state index in [2.05, 4.69) is 21.2 Å². The van der Waals surface area contributed by atoms with Crippen molar-refractivity contribution in [2.24, 2.45) is 0 Å². The van der Waals surface area contributed by atoms with E-state index in [0.717, 1.165) is 39.9 Å². The van der Waals surface area contributed by atoms with Crippen molar-refractivity contribution in [3.8, 4) is 5.75 Å². The van der Waals surface area contributed by atoms with Crippen molar-refractivity contribution in [3.63, 3.8) is 0 Å². The molecule has 0 bridgehead atoms. The Hall–Kier alpha value is -1.81. The second-order valence-electron chi connectivity index (χ2n) is 5.75. The fraction of sp³-hybridized carbons (Fsp3) is 0.278. The predicted molar refractivity (Wildman–Crippen MR) is 91.4 cm³/mol. The third-order valence-corrected chi connectivity index (χ3v) is 4.86. The summed E-state index contributed by atoms with van der Waals surface area (Å²) < 4.78 is 6.09. The van der Waals surface area contributed by atoms with Gasteiger partial charge in [-0.3, -0.25) is 4.79 Å². The smallest absolute Gasteiger partial charge is 0.235 e. The Labute approximate surface area is 138 Å². The molecule has 22 heavy (non-hydrogen) atoms. The van der Waals surface area contributed by atoms with Gasteiger partial charge in [-0.2, -0.15) is 0 Å². The van der Waals surface area contributed by atoms with Crippen LogP contribution in [-0.4, -0.2) is 13.0 Å². The molecule has 0 atom stereocenters. The molecule has 114 valence electrons. The number of amides is 1. The molecule has 1 fully saturated rings. The number of aryl methyl sites for hydroxylation is 1. The molecule has 3 rings (SSSR count). The van der Waals surface area contributed by atoms with E-state index in [9.17, 15) is 4.79 Å². The Balaban J connectivity index is 1.81. The topological polar surface area (TPSA) is 38.3 Å². The number of ether oxygens (including phenoxy) is 1. The maximum Gasteiger partial charge on any atom is 0.235 e. The molecule has 0 heterocycles. The van der Waals surface area contributed by atoms with Crippen molar-refractivity contribution < 1.29 is 9.53 Å². The summed E-state index contributed by atoms with van der Waals surface area (Å²) in [6, 6.07) is 13.7. The van der Waals surface area contributed by atoms with Crippen molar-refractivity contribution in [2.75, 3.05) is 12.4 Å². The van der Waals surface area contributed by atoms with Gasteiger partial charge in [0.2, 0.25) is 5.91 Å². The lowest BCUT2D eigenvalue weighted by Crippen LogP contribution is -2.27. The molecule has 2 aromatic carbocycles.